The van der Waals surface area contributed by atoms with Crippen molar-refractivity contribution < 1.29 is 24.2 Å². The van der Waals surface area contributed by atoms with Crippen LogP contribution in [-0.4, -0.2) is 58.1 Å². The van der Waals surface area contributed by atoms with Crippen LogP contribution in [0.4, 0.5) is 10.5 Å². The van der Waals surface area contributed by atoms with Crippen molar-refractivity contribution >= 4 is 47.0 Å². The number of nitrogens with one attached hydrogen (secondary N) is 2. The van der Waals surface area contributed by atoms with E-state index in [1.165, 1.54) is 23.9 Å². The molecule has 0 heterocycles. The summed E-state index contributed by atoms with van der Waals surface area (Å²) >= 11 is 7.83. The molecule has 2 unspecified atom stereocenters. The Bertz CT molecular complexity index is 1220. The largest absolute Gasteiger partial charge is 0.508 e. The Morgan fingerprint density at radius 2 is 1.87 bits per heavy atom. The molecule has 2 aromatic carbocycles. The van der Waals surface area contributed by atoms with Gasteiger partial charge >= 0.3 is 6.09 Å². The van der Waals surface area contributed by atoms with Gasteiger partial charge in [0.2, 0.25) is 5.91 Å². The maximum atomic E-state index is 13.9. The molecule has 0 spiro atoms. The summed E-state index contributed by atoms with van der Waals surface area (Å²) < 4.78 is 5.35. The molecular formula is C28H35ClN4O5S. The first-order valence-corrected chi connectivity index (χ1v) is 14.1. The van der Waals surface area contributed by atoms with Crippen molar-refractivity contribution in [2.24, 2.45) is 0 Å². The summed E-state index contributed by atoms with van der Waals surface area (Å²) in [5.41, 5.74) is 1.15. The molecule has 11 heteroatoms. The number of aryl methyl sites for hydroxylation is 2. The molecule has 2 rings (SSSR count). The average Bonchev–Trinajstić information content (AvgIpc) is 2.84. The van der Waals surface area contributed by atoms with E-state index in [1.54, 1.807) is 58.9 Å². The van der Waals surface area contributed by atoms with Gasteiger partial charge in [0.05, 0.1) is 16.8 Å². The molecule has 0 aromatic heterocycles. The molecule has 3 N–H and O–H groups in total. The zero-order valence-corrected chi connectivity index (χ0v) is 24.6. The number of anilines is 1. The number of carbonyl (C=O) groups is 3. The second-order valence-corrected chi connectivity index (χ2v) is 11.4. The van der Waals surface area contributed by atoms with Crippen molar-refractivity contribution in [3.05, 3.63) is 58.1 Å². The number of carbonyl (C=O) groups excluding carboxylic acids is 3. The number of ether oxygens (including phenoxy) is 1. The molecule has 0 aliphatic heterocycles. The normalized spacial score (nSPS) is 12.6. The number of halogens is 1. The van der Waals surface area contributed by atoms with E-state index < -0.39 is 42.1 Å². The van der Waals surface area contributed by atoms with Crippen LogP contribution < -0.4 is 10.6 Å². The lowest BCUT2D eigenvalue weighted by atomic mass is 9.99. The third-order valence-corrected chi connectivity index (χ3v) is 6.65. The predicted molar refractivity (Wildman–Crippen MR) is 154 cm³/mol. The number of phenolic OH excluding ortho intramolecular Hbond substituents is 1. The number of amides is 3. The molecule has 39 heavy (non-hydrogen) atoms. The first-order chi connectivity index (χ1) is 18.3. The Labute approximate surface area is 238 Å². The molecule has 0 bridgehead atoms. The zero-order valence-electron chi connectivity index (χ0n) is 23.0. The molecule has 2 atom stereocenters. The predicted octanol–water partition coefficient (Wildman–Crippen LogP) is 5.34. The minimum absolute atomic E-state index is 0.0162. The first-order valence-electron chi connectivity index (χ1n) is 12.3. The summed E-state index contributed by atoms with van der Waals surface area (Å²) in [6, 6.07) is 9.31. The summed E-state index contributed by atoms with van der Waals surface area (Å²) in [5.74, 6) is -0.693. The summed E-state index contributed by atoms with van der Waals surface area (Å²) in [4.78, 5) is 41.5. The highest BCUT2D eigenvalue weighted by Crippen LogP contribution is 2.31. The topological polar surface area (TPSA) is 132 Å². The van der Waals surface area contributed by atoms with Gasteiger partial charge in [-0.15, -0.1) is 0 Å². The zero-order chi connectivity index (χ0) is 29.3. The van der Waals surface area contributed by atoms with Gasteiger partial charge in [-0.2, -0.15) is 17.0 Å². The van der Waals surface area contributed by atoms with E-state index in [1.807, 2.05) is 12.3 Å². The van der Waals surface area contributed by atoms with Crippen LogP contribution in [-0.2, 0) is 14.3 Å². The van der Waals surface area contributed by atoms with Crippen LogP contribution in [0, 0.1) is 25.2 Å². The van der Waals surface area contributed by atoms with Crippen LogP contribution in [0.3, 0.4) is 0 Å². The van der Waals surface area contributed by atoms with E-state index in [-0.39, 0.29) is 12.2 Å². The molecule has 0 saturated carbocycles. The smallest absolute Gasteiger partial charge is 0.408 e. The number of para-hydroxylation sites is 1. The van der Waals surface area contributed by atoms with Gasteiger partial charge in [0.25, 0.3) is 5.91 Å². The number of alkyl carbamates (subject to hydrolysis) is 1. The highest BCUT2D eigenvalue weighted by molar-refractivity contribution is 7.98. The third kappa shape index (κ3) is 9.08. The van der Waals surface area contributed by atoms with E-state index in [0.717, 1.165) is 4.90 Å². The Hall–Kier alpha value is -3.42. The number of rotatable bonds is 10. The number of thioether (sulfide) groups is 1. The minimum Gasteiger partial charge on any atom is -0.508 e. The van der Waals surface area contributed by atoms with Crippen molar-refractivity contribution in [1.29, 1.82) is 5.26 Å². The van der Waals surface area contributed by atoms with Gasteiger partial charge in [-0.1, -0.05) is 29.8 Å². The molecule has 0 fully saturated rings. The van der Waals surface area contributed by atoms with E-state index in [4.69, 9.17) is 16.3 Å². The third-order valence-electron chi connectivity index (χ3n) is 5.69. The van der Waals surface area contributed by atoms with Crippen LogP contribution in [0.5, 0.6) is 5.75 Å². The van der Waals surface area contributed by atoms with Crippen LogP contribution in [0.25, 0.3) is 0 Å². The van der Waals surface area contributed by atoms with Crippen LogP contribution in [0.15, 0.2) is 36.4 Å². The Balaban J connectivity index is 2.57. The highest BCUT2D eigenvalue weighted by atomic mass is 35.5. The van der Waals surface area contributed by atoms with Gasteiger partial charge in [0.15, 0.2) is 0 Å². The maximum Gasteiger partial charge on any atom is 0.408 e. The summed E-state index contributed by atoms with van der Waals surface area (Å²) in [7, 11) is 0. The molecule has 3 amide bonds. The fourth-order valence-corrected chi connectivity index (χ4v) is 4.56. The summed E-state index contributed by atoms with van der Waals surface area (Å²) in [6.45, 7) is 8.12. The average molecular weight is 575 g/mol. The quantitative estimate of drug-likeness (QED) is 0.326. The maximum absolute atomic E-state index is 13.9. The number of aromatic hydroxyl groups is 1. The SMILES string of the molecule is CSCCC(NC(=O)OC(C)(C)C)C(=O)N(CC#N)C(C(=O)Nc1c(C)cccc1Cl)c1ccc(O)c(C)c1. The van der Waals surface area contributed by atoms with Gasteiger partial charge < -0.3 is 25.4 Å². The van der Waals surface area contributed by atoms with Gasteiger partial charge in [-0.3, -0.25) is 9.59 Å². The van der Waals surface area contributed by atoms with E-state index in [9.17, 15) is 24.8 Å². The molecule has 0 saturated heterocycles. The Kier molecular flexibility index (Phi) is 11.5. The summed E-state index contributed by atoms with van der Waals surface area (Å²) in [5, 5.41) is 25.5. The first kappa shape index (κ1) is 31.8. The van der Waals surface area contributed by atoms with Crippen LogP contribution in [0.2, 0.25) is 5.02 Å². The van der Waals surface area contributed by atoms with Crippen molar-refractivity contribution in [3.63, 3.8) is 0 Å². The lowest BCUT2D eigenvalue weighted by Gasteiger charge is -2.33. The highest BCUT2D eigenvalue weighted by Gasteiger charge is 2.36. The molecule has 0 radical (unpaired) electrons. The standard InChI is InChI=1S/C28H35ClN4O5S/c1-17-8-7-9-20(29)23(17)32-25(35)24(19-10-11-22(34)18(2)16-19)33(14-13-30)26(36)21(12-15-39-6)31-27(37)38-28(3,4)5/h7-11,16,21,24,34H,12,14-15H2,1-6H3,(H,31,37)(H,32,35). The van der Waals surface area contributed by atoms with Gasteiger partial charge in [-0.25, -0.2) is 4.79 Å². The number of hydrogen-bond donors (Lipinski definition) is 3. The van der Waals surface area contributed by atoms with E-state index in [0.29, 0.717) is 33.2 Å². The number of hydrogen-bond acceptors (Lipinski definition) is 7. The molecule has 0 aliphatic carbocycles. The van der Waals surface area contributed by atoms with Crippen molar-refractivity contribution in [2.75, 3.05) is 23.9 Å². The number of nitrogens with zero attached hydrogens (tertiary/aromatic N) is 2. The van der Waals surface area contributed by atoms with Crippen molar-refractivity contribution in [3.8, 4) is 11.8 Å². The lowest BCUT2D eigenvalue weighted by Crippen LogP contribution is -2.52. The van der Waals surface area contributed by atoms with Crippen LogP contribution >= 0.6 is 23.4 Å². The number of phenols is 1. The van der Waals surface area contributed by atoms with Crippen molar-refractivity contribution in [1.82, 2.24) is 10.2 Å². The fourth-order valence-electron chi connectivity index (χ4n) is 3.82. The monoisotopic (exact) mass is 574 g/mol. The van der Waals surface area contributed by atoms with Gasteiger partial charge in [0.1, 0.15) is 30.0 Å². The molecular weight excluding hydrogens is 540 g/mol. The Morgan fingerprint density at radius 3 is 2.44 bits per heavy atom. The molecule has 0 aliphatic rings. The molecule has 2 aromatic rings. The number of benzene rings is 2. The Morgan fingerprint density at radius 1 is 1.18 bits per heavy atom. The minimum atomic E-state index is -1.27. The molecule has 210 valence electrons. The van der Waals surface area contributed by atoms with E-state index in [2.05, 4.69) is 10.6 Å². The van der Waals surface area contributed by atoms with E-state index >= 15 is 0 Å². The lowest BCUT2D eigenvalue weighted by molar-refractivity contribution is -0.140. The van der Waals surface area contributed by atoms with Gasteiger partial charge in [0, 0.05) is 0 Å². The summed E-state index contributed by atoms with van der Waals surface area (Å²) in [6.07, 6.45) is 1.32. The van der Waals surface area contributed by atoms with Gasteiger partial charge in [-0.05, 0) is 87.9 Å². The fraction of sp³-hybridized carbons (Fsp3) is 0.429. The number of nitriles is 1. The molecule has 9 nitrogen and oxygen atoms in total. The van der Waals surface area contributed by atoms with Crippen molar-refractivity contribution in [2.45, 2.75) is 58.7 Å². The second kappa shape index (κ2) is 14.1. The second-order valence-electron chi connectivity index (χ2n) is 9.97. The van der Waals surface area contributed by atoms with Crippen LogP contribution in [0.1, 0.15) is 49.9 Å².